The lowest BCUT2D eigenvalue weighted by atomic mass is 9.93. The Kier molecular flexibility index (Phi) is 3.31. The molecule has 2 heterocycles. The summed E-state index contributed by atoms with van der Waals surface area (Å²) in [5.41, 5.74) is 1.24. The van der Waals surface area contributed by atoms with E-state index < -0.39 is 17.5 Å². The third-order valence-corrected chi connectivity index (χ3v) is 4.18. The number of nitriles is 1. The van der Waals surface area contributed by atoms with Gasteiger partial charge in [0.1, 0.15) is 5.69 Å². The van der Waals surface area contributed by atoms with E-state index in [0.717, 1.165) is 18.5 Å². The van der Waals surface area contributed by atoms with Gasteiger partial charge in [0.05, 0.1) is 6.07 Å². The molecule has 4 rings (SSSR count). The summed E-state index contributed by atoms with van der Waals surface area (Å²) in [7, 11) is 0. The predicted molar refractivity (Wildman–Crippen MR) is 80.9 cm³/mol. The minimum Gasteiger partial charge on any atom is -0.454 e. The fourth-order valence-corrected chi connectivity index (χ4v) is 2.67. The molecule has 0 amide bonds. The Morgan fingerprint density at radius 3 is 2.75 bits per heavy atom. The third-order valence-electron chi connectivity index (χ3n) is 4.18. The molecule has 120 valence electrons. The Labute approximate surface area is 137 Å². The molecular weight excluding hydrogens is 310 g/mol. The number of benzene rings is 1. The number of aromatic nitrogens is 2. The zero-order chi connectivity index (χ0) is 16.7. The zero-order valence-electron chi connectivity index (χ0n) is 12.6. The minimum absolute atomic E-state index is 0.0881. The van der Waals surface area contributed by atoms with Crippen molar-refractivity contribution < 1.29 is 19.1 Å². The van der Waals surface area contributed by atoms with Crippen molar-refractivity contribution in [3.8, 4) is 17.6 Å². The number of hydrogen-bond acceptors (Lipinski definition) is 6. The second-order valence-corrected chi connectivity index (χ2v) is 5.84. The van der Waals surface area contributed by atoms with Crippen molar-refractivity contribution in [2.75, 3.05) is 6.79 Å². The number of hydrogen-bond donors (Lipinski definition) is 1. The lowest BCUT2D eigenvalue weighted by Crippen LogP contribution is -2.23. The first-order valence-corrected chi connectivity index (χ1v) is 7.60. The van der Waals surface area contributed by atoms with E-state index in [9.17, 15) is 14.9 Å². The molecule has 2 aliphatic rings. The first-order chi connectivity index (χ1) is 11.7. The Morgan fingerprint density at radius 1 is 1.21 bits per heavy atom. The number of ether oxygens (including phenoxy) is 2. The maximum absolute atomic E-state index is 12.6. The van der Waals surface area contributed by atoms with E-state index in [1.165, 1.54) is 12.1 Å². The van der Waals surface area contributed by atoms with Gasteiger partial charge in [-0.3, -0.25) is 14.7 Å². The van der Waals surface area contributed by atoms with E-state index in [1.54, 1.807) is 18.2 Å². The van der Waals surface area contributed by atoms with Crippen LogP contribution in [0.2, 0.25) is 0 Å². The molecule has 0 spiro atoms. The number of ketones is 2. The number of carbonyl (C=O) groups excluding carboxylic acids is 2. The molecule has 1 aliphatic carbocycles. The topological polar surface area (TPSA) is 105 Å². The van der Waals surface area contributed by atoms with Gasteiger partial charge in [0, 0.05) is 17.2 Å². The van der Waals surface area contributed by atoms with Gasteiger partial charge in [-0.2, -0.15) is 10.4 Å². The highest BCUT2D eigenvalue weighted by molar-refractivity contribution is 6.17. The molecule has 24 heavy (non-hydrogen) atoms. The van der Waals surface area contributed by atoms with Crippen LogP contribution in [0.25, 0.3) is 0 Å². The number of aromatic amines is 1. The van der Waals surface area contributed by atoms with Gasteiger partial charge in [-0.1, -0.05) is 0 Å². The summed E-state index contributed by atoms with van der Waals surface area (Å²) < 4.78 is 10.4. The number of fused-ring (bicyclic) bond motifs is 1. The standard InChI is InChI=1S/C17H13N3O4/c18-7-11(17(22)13-6-12(19-20-13)9-1-2-9)16(21)10-3-4-14-15(5-10)24-8-23-14/h3-6,9,11H,1-2,8H2,(H,19,20)/t11-/m1/s1. The molecule has 1 aromatic heterocycles. The number of H-pyrrole nitrogens is 1. The van der Waals surface area contributed by atoms with Crippen LogP contribution in [0.15, 0.2) is 24.3 Å². The molecule has 0 radical (unpaired) electrons. The average molecular weight is 323 g/mol. The molecule has 1 fully saturated rings. The highest BCUT2D eigenvalue weighted by atomic mass is 16.7. The van der Waals surface area contributed by atoms with Crippen LogP contribution in [0.1, 0.15) is 45.3 Å². The molecule has 1 saturated carbocycles. The normalized spacial score (nSPS) is 16.5. The smallest absolute Gasteiger partial charge is 0.231 e. The van der Waals surface area contributed by atoms with E-state index in [1.807, 2.05) is 0 Å². The van der Waals surface area contributed by atoms with Gasteiger partial charge in [-0.05, 0) is 37.1 Å². The van der Waals surface area contributed by atoms with Crippen molar-refractivity contribution in [3.05, 3.63) is 41.2 Å². The number of rotatable bonds is 5. The van der Waals surface area contributed by atoms with Crippen molar-refractivity contribution >= 4 is 11.6 Å². The number of nitrogens with zero attached hydrogens (tertiary/aromatic N) is 2. The molecule has 7 nitrogen and oxygen atoms in total. The van der Waals surface area contributed by atoms with Crippen LogP contribution in [0.4, 0.5) is 0 Å². The van der Waals surface area contributed by atoms with Crippen LogP contribution >= 0.6 is 0 Å². The number of Topliss-reactive ketones (excluding diaryl/α,β-unsaturated/α-hetero) is 2. The monoisotopic (exact) mass is 323 g/mol. The van der Waals surface area contributed by atoms with Crippen LogP contribution in [0, 0.1) is 17.2 Å². The molecule has 1 aliphatic heterocycles. The third kappa shape index (κ3) is 2.42. The van der Waals surface area contributed by atoms with Crippen molar-refractivity contribution in [1.82, 2.24) is 10.2 Å². The second kappa shape index (κ2) is 5.49. The summed E-state index contributed by atoms with van der Waals surface area (Å²) in [5, 5.41) is 16.1. The van der Waals surface area contributed by atoms with E-state index in [0.29, 0.717) is 17.4 Å². The van der Waals surface area contributed by atoms with Crippen molar-refractivity contribution in [2.24, 2.45) is 5.92 Å². The fourth-order valence-electron chi connectivity index (χ4n) is 2.67. The Hall–Kier alpha value is -3.14. The summed E-state index contributed by atoms with van der Waals surface area (Å²) in [4.78, 5) is 25.1. The summed E-state index contributed by atoms with van der Waals surface area (Å²) in [5.74, 6) is -1.22. The van der Waals surface area contributed by atoms with Gasteiger partial charge in [0.25, 0.3) is 0 Å². The molecule has 7 heteroatoms. The molecule has 2 aromatic rings. The molecular formula is C17H13N3O4. The van der Waals surface area contributed by atoms with Gasteiger partial charge >= 0.3 is 0 Å². The van der Waals surface area contributed by atoms with Crippen LogP contribution < -0.4 is 9.47 Å². The van der Waals surface area contributed by atoms with Gasteiger partial charge in [-0.15, -0.1) is 0 Å². The first kappa shape index (κ1) is 14.5. The molecule has 0 bridgehead atoms. The Balaban J connectivity index is 1.58. The van der Waals surface area contributed by atoms with Crippen LogP contribution in [0.5, 0.6) is 11.5 Å². The van der Waals surface area contributed by atoms with E-state index in [4.69, 9.17) is 9.47 Å². The van der Waals surface area contributed by atoms with Gasteiger partial charge in [-0.25, -0.2) is 0 Å². The van der Waals surface area contributed by atoms with E-state index in [2.05, 4.69) is 10.2 Å². The van der Waals surface area contributed by atoms with Crippen molar-refractivity contribution in [2.45, 2.75) is 18.8 Å². The largest absolute Gasteiger partial charge is 0.454 e. The highest BCUT2D eigenvalue weighted by Crippen LogP contribution is 2.39. The summed E-state index contributed by atoms with van der Waals surface area (Å²) in [6, 6.07) is 8.03. The number of carbonyl (C=O) groups is 2. The van der Waals surface area contributed by atoms with Crippen LogP contribution in [0.3, 0.4) is 0 Å². The Bertz CT molecular complexity index is 876. The maximum Gasteiger partial charge on any atom is 0.231 e. The van der Waals surface area contributed by atoms with E-state index >= 15 is 0 Å². The first-order valence-electron chi connectivity index (χ1n) is 7.60. The predicted octanol–water partition coefficient (Wildman–Crippen LogP) is 2.22. The lowest BCUT2D eigenvalue weighted by Gasteiger charge is -2.06. The van der Waals surface area contributed by atoms with Crippen molar-refractivity contribution in [1.29, 1.82) is 5.26 Å². The summed E-state index contributed by atoms with van der Waals surface area (Å²) in [6.45, 7) is 0.0881. The minimum atomic E-state index is -1.43. The van der Waals surface area contributed by atoms with Gasteiger partial charge in [0.2, 0.25) is 12.6 Å². The maximum atomic E-state index is 12.6. The van der Waals surface area contributed by atoms with Gasteiger partial charge in [0.15, 0.2) is 23.2 Å². The van der Waals surface area contributed by atoms with Crippen LogP contribution in [-0.2, 0) is 0 Å². The SMILES string of the molecule is N#C[C@H](C(=O)c1ccc2c(c1)OCO2)C(=O)c1cc(C2CC2)[nH]n1. The van der Waals surface area contributed by atoms with E-state index in [-0.39, 0.29) is 18.1 Å². The summed E-state index contributed by atoms with van der Waals surface area (Å²) in [6.07, 6.45) is 2.13. The average Bonchev–Trinajstić information content (AvgIpc) is 3.14. The molecule has 1 atom stereocenters. The van der Waals surface area contributed by atoms with Crippen LogP contribution in [-0.4, -0.2) is 28.6 Å². The summed E-state index contributed by atoms with van der Waals surface area (Å²) >= 11 is 0. The Morgan fingerprint density at radius 2 is 2.00 bits per heavy atom. The van der Waals surface area contributed by atoms with Crippen molar-refractivity contribution in [3.63, 3.8) is 0 Å². The fraction of sp³-hybridized carbons (Fsp3) is 0.294. The molecule has 0 saturated heterocycles. The lowest BCUT2D eigenvalue weighted by molar-refractivity contribution is 0.0842. The second-order valence-electron chi connectivity index (χ2n) is 5.84. The molecule has 1 N–H and O–H groups in total. The molecule has 1 aromatic carbocycles. The highest BCUT2D eigenvalue weighted by Gasteiger charge is 2.33. The zero-order valence-corrected chi connectivity index (χ0v) is 12.6. The number of nitrogens with one attached hydrogen (secondary N) is 1. The van der Waals surface area contributed by atoms with Gasteiger partial charge < -0.3 is 9.47 Å². The quantitative estimate of drug-likeness (QED) is 0.668. The molecule has 0 unspecified atom stereocenters.